The van der Waals surface area contributed by atoms with Gasteiger partial charge in [-0.3, -0.25) is 24.0 Å². The Morgan fingerprint density at radius 2 is 2.17 bits per heavy atom. The number of aromatic nitrogens is 2. The SMILES string of the molecule is CC(=O)OCC1=C(C(=O)O)N2C(=O)C(NC(=O)C(C)n3cc(Cl)c(C)n3)C2SC1. The number of carbonyl (C=O) groups excluding carboxylic acids is 3. The highest BCUT2D eigenvalue weighted by Gasteiger charge is 2.54. The van der Waals surface area contributed by atoms with Crippen molar-refractivity contribution < 1.29 is 29.0 Å². The molecule has 2 N–H and O–H groups in total. The van der Waals surface area contributed by atoms with Crippen LogP contribution in [0.25, 0.3) is 0 Å². The third-order valence-electron chi connectivity index (χ3n) is 4.63. The Kier molecular flexibility index (Phi) is 5.90. The Morgan fingerprint density at radius 3 is 2.72 bits per heavy atom. The zero-order chi connectivity index (χ0) is 21.5. The van der Waals surface area contributed by atoms with E-state index in [2.05, 4.69) is 10.4 Å². The van der Waals surface area contributed by atoms with Crippen molar-refractivity contribution in [3.8, 4) is 0 Å². The average Bonchev–Trinajstić information content (AvgIpc) is 3.00. The lowest BCUT2D eigenvalue weighted by Gasteiger charge is -2.49. The molecule has 29 heavy (non-hydrogen) atoms. The number of hydrogen-bond donors (Lipinski definition) is 2. The van der Waals surface area contributed by atoms with Crippen LogP contribution >= 0.6 is 23.4 Å². The zero-order valence-electron chi connectivity index (χ0n) is 15.8. The second-order valence-corrected chi connectivity index (χ2v) is 8.16. The number of ether oxygens (including phenoxy) is 1. The van der Waals surface area contributed by atoms with Crippen LogP contribution in [0.3, 0.4) is 0 Å². The van der Waals surface area contributed by atoms with Gasteiger partial charge in [0.15, 0.2) is 0 Å². The molecule has 3 rings (SSSR count). The third-order valence-corrected chi connectivity index (χ3v) is 6.34. The van der Waals surface area contributed by atoms with Crippen molar-refractivity contribution in [3.63, 3.8) is 0 Å². The molecule has 3 unspecified atom stereocenters. The summed E-state index contributed by atoms with van der Waals surface area (Å²) in [5.41, 5.74) is 0.715. The van der Waals surface area contributed by atoms with E-state index < -0.39 is 41.2 Å². The standard InChI is InChI=1S/C17H19ClN4O6S/c1-7-11(18)4-21(20-7)8(2)14(24)19-12-15(25)22-13(17(26)27)10(5-28-9(3)23)6-29-16(12)22/h4,8,12,16H,5-6H2,1-3H3,(H,19,24)(H,26,27). The Bertz CT molecular complexity index is 910. The van der Waals surface area contributed by atoms with E-state index >= 15 is 0 Å². The number of esters is 1. The van der Waals surface area contributed by atoms with E-state index in [1.807, 2.05) is 0 Å². The van der Waals surface area contributed by atoms with E-state index in [4.69, 9.17) is 16.3 Å². The highest BCUT2D eigenvalue weighted by Crippen LogP contribution is 2.40. The lowest BCUT2D eigenvalue weighted by atomic mass is 10.0. The normalized spacial score (nSPS) is 21.9. The van der Waals surface area contributed by atoms with E-state index in [1.165, 1.54) is 29.6 Å². The molecular formula is C17H19ClN4O6S. The molecule has 2 amide bonds. The van der Waals surface area contributed by atoms with E-state index in [0.29, 0.717) is 16.3 Å². The minimum Gasteiger partial charge on any atom is -0.477 e. The summed E-state index contributed by atoms with van der Waals surface area (Å²) in [5, 5.41) is 16.2. The highest BCUT2D eigenvalue weighted by atomic mass is 35.5. The van der Waals surface area contributed by atoms with Crippen LogP contribution in [0.4, 0.5) is 0 Å². The molecule has 1 saturated heterocycles. The van der Waals surface area contributed by atoms with Crippen LogP contribution < -0.4 is 5.32 Å². The van der Waals surface area contributed by atoms with E-state index in [9.17, 15) is 24.3 Å². The van der Waals surface area contributed by atoms with Crippen LogP contribution in [-0.2, 0) is 23.9 Å². The summed E-state index contributed by atoms with van der Waals surface area (Å²) >= 11 is 7.27. The van der Waals surface area contributed by atoms with Crippen LogP contribution in [-0.4, -0.2) is 67.3 Å². The fourth-order valence-electron chi connectivity index (χ4n) is 3.03. The Hall–Kier alpha value is -2.53. The van der Waals surface area contributed by atoms with Crippen LogP contribution in [0.5, 0.6) is 0 Å². The Balaban J connectivity index is 1.72. The van der Waals surface area contributed by atoms with Crippen LogP contribution in [0, 0.1) is 6.92 Å². The molecule has 3 atom stereocenters. The van der Waals surface area contributed by atoms with Gasteiger partial charge >= 0.3 is 11.9 Å². The number of thioether (sulfide) groups is 1. The quantitative estimate of drug-likeness (QED) is 0.486. The molecule has 0 radical (unpaired) electrons. The minimum atomic E-state index is -1.29. The van der Waals surface area contributed by atoms with Crippen molar-refractivity contribution >= 4 is 47.1 Å². The smallest absolute Gasteiger partial charge is 0.352 e. The van der Waals surface area contributed by atoms with Crippen molar-refractivity contribution in [2.24, 2.45) is 0 Å². The number of β-lactam (4-membered cyclic amide) rings is 1. The number of halogens is 1. The molecular weight excluding hydrogens is 424 g/mol. The summed E-state index contributed by atoms with van der Waals surface area (Å²) in [6.07, 6.45) is 1.53. The fourth-order valence-corrected chi connectivity index (χ4v) is 4.50. The molecule has 0 spiro atoms. The summed E-state index contributed by atoms with van der Waals surface area (Å²) in [7, 11) is 0. The first-order valence-electron chi connectivity index (χ1n) is 8.66. The minimum absolute atomic E-state index is 0.200. The summed E-state index contributed by atoms with van der Waals surface area (Å²) in [6, 6.07) is -1.56. The molecule has 2 aliphatic rings. The Labute approximate surface area is 175 Å². The Morgan fingerprint density at radius 1 is 1.48 bits per heavy atom. The largest absolute Gasteiger partial charge is 0.477 e. The molecule has 0 aromatic carbocycles. The maximum absolute atomic E-state index is 12.6. The number of aliphatic carboxylic acids is 1. The number of rotatable bonds is 6. The fraction of sp³-hybridized carbons (Fsp3) is 0.471. The van der Waals surface area contributed by atoms with Gasteiger partial charge in [0.25, 0.3) is 5.91 Å². The number of nitrogens with one attached hydrogen (secondary N) is 1. The van der Waals surface area contributed by atoms with E-state index in [1.54, 1.807) is 13.8 Å². The van der Waals surface area contributed by atoms with Gasteiger partial charge in [0.2, 0.25) is 5.91 Å². The monoisotopic (exact) mass is 442 g/mol. The first-order chi connectivity index (χ1) is 13.6. The van der Waals surface area contributed by atoms with Gasteiger partial charge in [0.05, 0.1) is 10.7 Å². The van der Waals surface area contributed by atoms with Crippen LogP contribution in [0.1, 0.15) is 25.6 Å². The number of carboxylic acids is 1. The van der Waals surface area contributed by atoms with Crippen molar-refractivity contribution in [2.45, 2.75) is 38.2 Å². The molecule has 1 aromatic rings. The van der Waals surface area contributed by atoms with Gasteiger partial charge in [-0.2, -0.15) is 5.10 Å². The average molecular weight is 443 g/mol. The maximum Gasteiger partial charge on any atom is 0.352 e. The first-order valence-corrected chi connectivity index (χ1v) is 10.1. The zero-order valence-corrected chi connectivity index (χ0v) is 17.4. The van der Waals surface area contributed by atoms with Crippen LogP contribution in [0.2, 0.25) is 5.02 Å². The van der Waals surface area contributed by atoms with Gasteiger partial charge in [-0.1, -0.05) is 11.6 Å². The van der Waals surface area contributed by atoms with Crippen molar-refractivity contribution in [3.05, 3.63) is 28.2 Å². The molecule has 156 valence electrons. The predicted molar refractivity (Wildman–Crippen MR) is 103 cm³/mol. The highest BCUT2D eigenvalue weighted by molar-refractivity contribution is 8.00. The summed E-state index contributed by atoms with van der Waals surface area (Å²) in [5.74, 6) is -2.54. The number of fused-ring (bicyclic) bond motifs is 1. The number of amides is 2. The van der Waals surface area contributed by atoms with Gasteiger partial charge in [-0.25, -0.2) is 4.79 Å². The summed E-state index contributed by atoms with van der Waals surface area (Å²) < 4.78 is 6.29. The molecule has 12 heteroatoms. The van der Waals surface area contributed by atoms with Gasteiger partial charge in [0, 0.05) is 24.4 Å². The number of aryl methyl sites for hydroxylation is 1. The van der Waals surface area contributed by atoms with Gasteiger partial charge in [-0.15, -0.1) is 11.8 Å². The molecule has 3 heterocycles. The van der Waals surface area contributed by atoms with E-state index in [-0.39, 0.29) is 18.1 Å². The molecule has 0 saturated carbocycles. The maximum atomic E-state index is 12.6. The topological polar surface area (TPSA) is 131 Å². The number of hydrogen-bond acceptors (Lipinski definition) is 7. The van der Waals surface area contributed by atoms with Gasteiger partial charge < -0.3 is 15.2 Å². The molecule has 1 aromatic heterocycles. The number of carboxylic acid groups (broad SMARTS) is 1. The summed E-state index contributed by atoms with van der Waals surface area (Å²) in [4.78, 5) is 49.0. The lowest BCUT2D eigenvalue weighted by Crippen LogP contribution is -2.71. The molecule has 0 aliphatic carbocycles. The third kappa shape index (κ3) is 3.97. The molecule has 0 bridgehead atoms. The van der Waals surface area contributed by atoms with Gasteiger partial charge in [-0.05, 0) is 13.8 Å². The number of nitrogens with zero attached hydrogens (tertiary/aromatic N) is 3. The van der Waals surface area contributed by atoms with Crippen molar-refractivity contribution in [1.82, 2.24) is 20.0 Å². The van der Waals surface area contributed by atoms with Crippen molar-refractivity contribution in [2.75, 3.05) is 12.4 Å². The predicted octanol–water partition coefficient (Wildman–Crippen LogP) is 0.708. The first kappa shape index (κ1) is 21.2. The lowest BCUT2D eigenvalue weighted by molar-refractivity contribution is -0.151. The molecule has 1 fully saturated rings. The molecule has 2 aliphatic heterocycles. The number of carbonyl (C=O) groups is 4. The van der Waals surface area contributed by atoms with E-state index in [0.717, 1.165) is 4.90 Å². The molecule has 10 nitrogen and oxygen atoms in total. The summed E-state index contributed by atoms with van der Waals surface area (Å²) in [6.45, 7) is 4.35. The van der Waals surface area contributed by atoms with Gasteiger partial charge in [0.1, 0.15) is 29.8 Å². The second-order valence-electron chi connectivity index (χ2n) is 6.65. The second kappa shape index (κ2) is 8.07. The van der Waals surface area contributed by atoms with Crippen molar-refractivity contribution in [1.29, 1.82) is 0 Å². The van der Waals surface area contributed by atoms with Crippen LogP contribution in [0.15, 0.2) is 17.5 Å².